The van der Waals surface area contributed by atoms with Gasteiger partial charge >= 0.3 is 5.97 Å². The summed E-state index contributed by atoms with van der Waals surface area (Å²) in [5.74, 6) is -0.670. The smallest absolute Gasteiger partial charge is 0.374 e. The van der Waals surface area contributed by atoms with Crippen LogP contribution in [0, 0.1) is 0 Å². The van der Waals surface area contributed by atoms with Gasteiger partial charge in [0.05, 0.1) is 5.52 Å². The van der Waals surface area contributed by atoms with Crippen molar-refractivity contribution in [2.75, 3.05) is 4.90 Å². The van der Waals surface area contributed by atoms with Gasteiger partial charge in [0.2, 0.25) is 5.82 Å². The number of nitrogens with zero attached hydrogens (tertiary/aromatic N) is 3. The molecule has 0 aliphatic rings. The number of anilines is 1. The maximum atomic E-state index is 11.5. The van der Waals surface area contributed by atoms with Crippen molar-refractivity contribution < 1.29 is 9.90 Å². The first-order valence-electron chi connectivity index (χ1n) is 8.18. The molecular weight excluding hydrogens is 314 g/mol. The van der Waals surface area contributed by atoms with Crippen molar-refractivity contribution in [3.05, 3.63) is 66.0 Å². The zero-order valence-electron chi connectivity index (χ0n) is 14.6. The predicted octanol–water partition coefficient (Wildman–Crippen LogP) is 4.13. The summed E-state index contributed by atoms with van der Waals surface area (Å²) in [6, 6.07) is 17.6. The van der Waals surface area contributed by atoms with E-state index in [-0.39, 0.29) is 11.4 Å². The van der Waals surface area contributed by atoms with Crippen molar-refractivity contribution in [3.63, 3.8) is 0 Å². The van der Waals surface area contributed by atoms with E-state index in [9.17, 15) is 9.90 Å². The van der Waals surface area contributed by atoms with Crippen molar-refractivity contribution in [3.8, 4) is 0 Å². The van der Waals surface area contributed by atoms with Crippen molar-refractivity contribution in [2.24, 2.45) is 0 Å². The fourth-order valence-electron chi connectivity index (χ4n) is 2.76. The van der Waals surface area contributed by atoms with Crippen LogP contribution in [0.5, 0.6) is 0 Å². The Morgan fingerprint density at radius 2 is 1.64 bits per heavy atom. The Balaban J connectivity index is 2.19. The van der Waals surface area contributed by atoms with Crippen LogP contribution in [0.2, 0.25) is 0 Å². The second kappa shape index (κ2) is 6.51. The maximum Gasteiger partial charge on any atom is 0.374 e. The van der Waals surface area contributed by atoms with Crippen LogP contribution in [0.15, 0.2) is 54.6 Å². The predicted molar refractivity (Wildman–Crippen MR) is 98.9 cm³/mol. The highest BCUT2D eigenvalue weighted by Crippen LogP contribution is 2.30. The molecule has 1 aromatic heterocycles. The van der Waals surface area contributed by atoms with E-state index < -0.39 is 5.97 Å². The number of para-hydroxylation sites is 1. The van der Waals surface area contributed by atoms with Gasteiger partial charge in [-0.25, -0.2) is 14.8 Å². The molecule has 3 aromatic rings. The molecule has 25 heavy (non-hydrogen) atoms. The molecule has 0 spiro atoms. The molecule has 0 aliphatic carbocycles. The first-order chi connectivity index (χ1) is 11.9. The Labute approximate surface area is 147 Å². The Hall–Kier alpha value is -2.95. The maximum absolute atomic E-state index is 11.5. The molecule has 5 heteroatoms. The molecule has 0 atom stereocenters. The summed E-state index contributed by atoms with van der Waals surface area (Å²) < 4.78 is 0. The molecule has 1 N–H and O–H groups in total. The third kappa shape index (κ3) is 3.60. The van der Waals surface area contributed by atoms with Crippen molar-refractivity contribution >= 4 is 22.7 Å². The molecule has 0 fully saturated rings. The van der Waals surface area contributed by atoms with Gasteiger partial charge in [0.15, 0.2) is 0 Å². The number of benzene rings is 2. The van der Waals surface area contributed by atoms with Crippen molar-refractivity contribution in [2.45, 2.75) is 32.9 Å². The minimum atomic E-state index is -1.12. The summed E-state index contributed by atoms with van der Waals surface area (Å²) in [6.07, 6.45) is 0. The number of hydrogen-bond donors (Lipinski definition) is 1. The molecule has 0 aliphatic heterocycles. The van der Waals surface area contributed by atoms with E-state index in [1.165, 1.54) is 0 Å². The first-order valence-corrected chi connectivity index (χ1v) is 8.18. The molecule has 128 valence electrons. The van der Waals surface area contributed by atoms with Gasteiger partial charge in [-0.05, 0) is 38.5 Å². The number of aromatic nitrogens is 2. The number of fused-ring (bicyclic) bond motifs is 1. The minimum absolute atomic E-state index is 0.184. The molecule has 0 amide bonds. The average molecular weight is 335 g/mol. The highest BCUT2D eigenvalue weighted by Gasteiger charge is 2.26. The monoisotopic (exact) mass is 335 g/mol. The van der Waals surface area contributed by atoms with Gasteiger partial charge < -0.3 is 10.0 Å². The number of carboxylic acid groups (broad SMARTS) is 1. The van der Waals surface area contributed by atoms with E-state index >= 15 is 0 Å². The number of carbonyl (C=O) groups is 1. The highest BCUT2D eigenvalue weighted by atomic mass is 16.4. The molecule has 1 heterocycles. The largest absolute Gasteiger partial charge is 0.475 e. The lowest BCUT2D eigenvalue weighted by molar-refractivity contribution is 0.0684. The van der Waals surface area contributed by atoms with Gasteiger partial charge in [0.25, 0.3) is 0 Å². The summed E-state index contributed by atoms with van der Waals surface area (Å²) in [6.45, 7) is 6.90. The third-order valence-corrected chi connectivity index (χ3v) is 4.02. The lowest BCUT2D eigenvalue weighted by Crippen LogP contribution is -2.42. The van der Waals surface area contributed by atoms with Crippen LogP contribution in [-0.4, -0.2) is 26.6 Å². The highest BCUT2D eigenvalue weighted by molar-refractivity contribution is 5.94. The minimum Gasteiger partial charge on any atom is -0.475 e. The van der Waals surface area contributed by atoms with Crippen molar-refractivity contribution in [1.82, 2.24) is 9.97 Å². The van der Waals surface area contributed by atoms with E-state index in [1.807, 2.05) is 42.5 Å². The Kier molecular flexibility index (Phi) is 4.40. The van der Waals surface area contributed by atoms with E-state index in [0.29, 0.717) is 17.9 Å². The van der Waals surface area contributed by atoms with Crippen LogP contribution < -0.4 is 4.90 Å². The zero-order chi connectivity index (χ0) is 18.0. The van der Waals surface area contributed by atoms with Gasteiger partial charge in [-0.15, -0.1) is 0 Å². The molecule has 0 saturated carbocycles. The average Bonchev–Trinajstić information content (AvgIpc) is 2.58. The summed E-state index contributed by atoms with van der Waals surface area (Å²) >= 11 is 0. The lowest BCUT2D eigenvalue weighted by Gasteiger charge is -2.37. The van der Waals surface area contributed by atoms with Crippen LogP contribution in [0.3, 0.4) is 0 Å². The molecule has 2 aromatic carbocycles. The van der Waals surface area contributed by atoms with Crippen LogP contribution in [0.1, 0.15) is 37.0 Å². The standard InChI is InChI=1S/C20H21N3O2/c1-20(2,3)23(13-14-9-5-4-6-10-14)18-15-11-7-8-12-16(15)21-17(22-18)19(24)25/h4-12H,13H2,1-3H3,(H,24,25). The molecule has 0 saturated heterocycles. The number of carboxylic acids is 1. The van der Waals surface area contributed by atoms with E-state index in [0.717, 1.165) is 10.9 Å². The fourth-order valence-corrected chi connectivity index (χ4v) is 2.76. The SMILES string of the molecule is CC(C)(C)N(Cc1ccccc1)c1nc(C(=O)O)nc2ccccc12. The van der Waals surface area contributed by atoms with Crippen molar-refractivity contribution in [1.29, 1.82) is 0 Å². The summed E-state index contributed by atoms with van der Waals surface area (Å²) in [4.78, 5) is 22.2. The Morgan fingerprint density at radius 1 is 1.00 bits per heavy atom. The molecule has 5 nitrogen and oxygen atoms in total. The number of hydrogen-bond acceptors (Lipinski definition) is 4. The molecule has 3 rings (SSSR count). The number of aromatic carboxylic acids is 1. The summed E-state index contributed by atoms with van der Waals surface area (Å²) in [7, 11) is 0. The van der Waals surface area contributed by atoms with Crippen LogP contribution in [-0.2, 0) is 6.54 Å². The third-order valence-electron chi connectivity index (χ3n) is 4.02. The topological polar surface area (TPSA) is 66.3 Å². The molecule has 0 unspecified atom stereocenters. The van der Waals surface area contributed by atoms with Gasteiger partial charge in [-0.1, -0.05) is 42.5 Å². The van der Waals surface area contributed by atoms with Gasteiger partial charge in [0.1, 0.15) is 5.82 Å². The normalized spacial score (nSPS) is 11.5. The quantitative estimate of drug-likeness (QED) is 0.776. The van der Waals surface area contributed by atoms with E-state index in [1.54, 1.807) is 0 Å². The van der Waals surface area contributed by atoms with Crippen LogP contribution >= 0.6 is 0 Å². The van der Waals surface area contributed by atoms with Crippen LogP contribution in [0.4, 0.5) is 5.82 Å². The molecular formula is C20H21N3O2. The second-order valence-electron chi connectivity index (χ2n) is 6.94. The summed E-state index contributed by atoms with van der Waals surface area (Å²) in [5.41, 5.74) is 1.52. The Bertz CT molecular complexity index is 902. The first kappa shape index (κ1) is 16.9. The molecule has 0 radical (unpaired) electrons. The lowest BCUT2D eigenvalue weighted by atomic mass is 10.0. The van der Waals surface area contributed by atoms with Gasteiger partial charge in [0, 0.05) is 17.5 Å². The molecule has 0 bridgehead atoms. The van der Waals surface area contributed by atoms with E-state index in [2.05, 4.69) is 47.8 Å². The summed E-state index contributed by atoms with van der Waals surface area (Å²) in [5, 5.41) is 10.2. The second-order valence-corrected chi connectivity index (χ2v) is 6.94. The zero-order valence-corrected chi connectivity index (χ0v) is 14.6. The van der Waals surface area contributed by atoms with Crippen LogP contribution in [0.25, 0.3) is 10.9 Å². The number of rotatable bonds is 4. The Morgan fingerprint density at radius 3 is 2.28 bits per heavy atom. The van der Waals surface area contributed by atoms with Gasteiger partial charge in [-0.3, -0.25) is 0 Å². The van der Waals surface area contributed by atoms with Gasteiger partial charge in [-0.2, -0.15) is 0 Å². The fraction of sp³-hybridized carbons (Fsp3) is 0.250. The van der Waals surface area contributed by atoms with E-state index in [4.69, 9.17) is 0 Å².